The second-order valence-electron chi connectivity index (χ2n) is 4.42. The van der Waals surface area contributed by atoms with Crippen molar-refractivity contribution in [3.8, 4) is 0 Å². The molecule has 2 aromatic carbocycles. The molecule has 18 heavy (non-hydrogen) atoms. The van der Waals surface area contributed by atoms with Crippen molar-refractivity contribution < 1.29 is 10.2 Å². The van der Waals surface area contributed by atoms with Gasteiger partial charge in [0.2, 0.25) is 0 Å². The van der Waals surface area contributed by atoms with Gasteiger partial charge in [-0.15, -0.1) is 0 Å². The molecule has 2 aromatic rings. The minimum absolute atomic E-state index is 0.486. The van der Waals surface area contributed by atoms with Gasteiger partial charge in [0.05, 0.1) is 6.10 Å². The normalized spacial score (nSPS) is 13.3. The van der Waals surface area contributed by atoms with Gasteiger partial charge in [0.15, 0.2) is 0 Å². The number of aliphatic hydroxyl groups is 2. The molecule has 2 nitrogen and oxygen atoms in total. The van der Waals surface area contributed by atoms with E-state index in [0.717, 1.165) is 0 Å². The van der Waals surface area contributed by atoms with Gasteiger partial charge in [0.25, 0.3) is 0 Å². The molecule has 2 rings (SSSR count). The second-order valence-corrected chi connectivity index (χ2v) is 4.42. The van der Waals surface area contributed by atoms with Crippen molar-refractivity contribution in [3.63, 3.8) is 0 Å². The van der Waals surface area contributed by atoms with Crippen LogP contribution in [0.3, 0.4) is 0 Å². The summed E-state index contributed by atoms with van der Waals surface area (Å²) in [7, 11) is 0. The summed E-state index contributed by atoms with van der Waals surface area (Å²) in [6.45, 7) is 1.86. The van der Waals surface area contributed by atoms with Gasteiger partial charge in [0, 0.05) is 0 Å². The van der Waals surface area contributed by atoms with Gasteiger partial charge in [-0.25, -0.2) is 0 Å². The molecular weight excluding hydrogens is 224 g/mol. The first-order chi connectivity index (χ1) is 8.69. The van der Waals surface area contributed by atoms with Crippen LogP contribution in [-0.4, -0.2) is 16.3 Å². The zero-order valence-electron chi connectivity index (χ0n) is 10.5. The Kier molecular flexibility index (Phi) is 3.80. The lowest BCUT2D eigenvalue weighted by Gasteiger charge is -2.33. The molecule has 0 unspecified atom stereocenters. The van der Waals surface area contributed by atoms with Crippen LogP contribution in [0.2, 0.25) is 0 Å². The Morgan fingerprint density at radius 3 is 1.61 bits per heavy atom. The lowest BCUT2D eigenvalue weighted by Crippen LogP contribution is -2.40. The van der Waals surface area contributed by atoms with Crippen LogP contribution in [-0.2, 0) is 5.60 Å². The van der Waals surface area contributed by atoms with Crippen LogP contribution in [0.1, 0.15) is 24.5 Å². The van der Waals surface area contributed by atoms with E-state index in [-0.39, 0.29) is 0 Å². The summed E-state index contributed by atoms with van der Waals surface area (Å²) in [5.74, 6) is 0. The Hall–Kier alpha value is -1.64. The molecule has 0 saturated carbocycles. The van der Waals surface area contributed by atoms with Crippen molar-refractivity contribution >= 4 is 0 Å². The minimum atomic E-state index is -1.35. The van der Waals surface area contributed by atoms with E-state index in [1.807, 2.05) is 67.6 Å². The molecule has 2 heteroatoms. The minimum Gasteiger partial charge on any atom is -0.389 e. The first-order valence-corrected chi connectivity index (χ1v) is 6.21. The molecule has 0 saturated heterocycles. The highest BCUT2D eigenvalue weighted by Crippen LogP contribution is 2.34. The second kappa shape index (κ2) is 5.34. The van der Waals surface area contributed by atoms with E-state index in [2.05, 4.69) is 0 Å². The molecule has 0 aliphatic rings. The van der Waals surface area contributed by atoms with Crippen molar-refractivity contribution in [1.82, 2.24) is 0 Å². The molecular formula is C16H18O2. The highest BCUT2D eigenvalue weighted by Gasteiger charge is 2.38. The summed E-state index contributed by atoms with van der Waals surface area (Å²) in [5.41, 5.74) is 0.0770. The third kappa shape index (κ3) is 2.17. The largest absolute Gasteiger partial charge is 0.389 e. The fourth-order valence-corrected chi connectivity index (χ4v) is 2.23. The Bertz CT molecular complexity index is 439. The number of aliphatic hydroxyl groups excluding tert-OH is 1. The first kappa shape index (κ1) is 12.8. The maximum Gasteiger partial charge on any atom is 0.140 e. The van der Waals surface area contributed by atoms with E-state index >= 15 is 0 Å². The maximum absolute atomic E-state index is 11.0. The highest BCUT2D eigenvalue weighted by atomic mass is 16.3. The van der Waals surface area contributed by atoms with Crippen molar-refractivity contribution in [2.75, 3.05) is 0 Å². The summed E-state index contributed by atoms with van der Waals surface area (Å²) in [6, 6.07) is 18.6. The molecule has 1 atom stereocenters. The first-order valence-electron chi connectivity index (χ1n) is 6.21. The lowest BCUT2D eigenvalue weighted by atomic mass is 9.81. The third-order valence-electron chi connectivity index (χ3n) is 3.30. The van der Waals surface area contributed by atoms with Crippen LogP contribution < -0.4 is 0 Å². The van der Waals surface area contributed by atoms with Crippen LogP contribution in [0.4, 0.5) is 0 Å². The molecule has 0 spiro atoms. The number of hydrogen-bond donors (Lipinski definition) is 2. The van der Waals surface area contributed by atoms with Crippen molar-refractivity contribution in [2.24, 2.45) is 0 Å². The van der Waals surface area contributed by atoms with Gasteiger partial charge in [-0.3, -0.25) is 0 Å². The molecule has 2 N–H and O–H groups in total. The van der Waals surface area contributed by atoms with Crippen molar-refractivity contribution in [2.45, 2.75) is 25.0 Å². The Morgan fingerprint density at radius 1 is 0.889 bits per heavy atom. The molecule has 0 bridgehead atoms. The van der Waals surface area contributed by atoms with Crippen LogP contribution >= 0.6 is 0 Å². The van der Waals surface area contributed by atoms with E-state index in [9.17, 15) is 10.2 Å². The fraction of sp³-hybridized carbons (Fsp3) is 0.250. The van der Waals surface area contributed by atoms with Crippen LogP contribution in [0.5, 0.6) is 0 Å². The molecule has 0 fully saturated rings. The average Bonchev–Trinajstić information content (AvgIpc) is 2.47. The topological polar surface area (TPSA) is 40.5 Å². The number of benzene rings is 2. The quantitative estimate of drug-likeness (QED) is 0.865. The zero-order chi connectivity index (χ0) is 13.0. The van der Waals surface area contributed by atoms with E-state index in [1.54, 1.807) is 0 Å². The average molecular weight is 242 g/mol. The van der Waals surface area contributed by atoms with Gasteiger partial charge in [-0.05, 0) is 17.5 Å². The number of hydrogen-bond acceptors (Lipinski definition) is 2. The van der Waals surface area contributed by atoms with E-state index in [1.165, 1.54) is 0 Å². The summed E-state index contributed by atoms with van der Waals surface area (Å²) in [5, 5.41) is 21.2. The molecule has 0 aliphatic heterocycles. The van der Waals surface area contributed by atoms with Crippen LogP contribution in [0.25, 0.3) is 0 Å². The molecule has 0 heterocycles. The Labute approximate surface area is 108 Å². The van der Waals surface area contributed by atoms with E-state index in [0.29, 0.717) is 17.5 Å². The van der Waals surface area contributed by atoms with Gasteiger partial charge in [0.1, 0.15) is 5.60 Å². The van der Waals surface area contributed by atoms with E-state index < -0.39 is 11.7 Å². The third-order valence-corrected chi connectivity index (χ3v) is 3.30. The van der Waals surface area contributed by atoms with Crippen molar-refractivity contribution in [3.05, 3.63) is 71.8 Å². The Morgan fingerprint density at radius 2 is 1.28 bits per heavy atom. The lowest BCUT2D eigenvalue weighted by molar-refractivity contribution is -0.0509. The SMILES string of the molecule is CC[C@@H](O)C(O)(c1ccccc1)c1ccccc1. The Balaban J connectivity index is 2.55. The summed E-state index contributed by atoms with van der Waals surface area (Å²) in [6.07, 6.45) is -0.345. The predicted molar refractivity (Wildman–Crippen MR) is 72.2 cm³/mol. The molecule has 0 amide bonds. The van der Waals surface area contributed by atoms with Gasteiger partial charge in [-0.2, -0.15) is 0 Å². The van der Waals surface area contributed by atoms with Crippen LogP contribution in [0.15, 0.2) is 60.7 Å². The fourth-order valence-electron chi connectivity index (χ4n) is 2.23. The number of rotatable bonds is 4. The van der Waals surface area contributed by atoms with E-state index in [4.69, 9.17) is 0 Å². The van der Waals surface area contributed by atoms with Gasteiger partial charge >= 0.3 is 0 Å². The smallest absolute Gasteiger partial charge is 0.140 e. The highest BCUT2D eigenvalue weighted by molar-refractivity contribution is 5.37. The molecule has 0 aromatic heterocycles. The monoisotopic (exact) mass is 242 g/mol. The zero-order valence-corrected chi connectivity index (χ0v) is 10.5. The molecule has 94 valence electrons. The van der Waals surface area contributed by atoms with Gasteiger partial charge < -0.3 is 10.2 Å². The summed E-state index contributed by atoms with van der Waals surface area (Å²) < 4.78 is 0. The summed E-state index contributed by atoms with van der Waals surface area (Å²) >= 11 is 0. The predicted octanol–water partition coefficient (Wildman–Crippen LogP) is 2.69. The maximum atomic E-state index is 11.0. The summed E-state index contributed by atoms with van der Waals surface area (Å²) in [4.78, 5) is 0. The molecule has 0 aliphatic carbocycles. The van der Waals surface area contributed by atoms with Crippen molar-refractivity contribution in [1.29, 1.82) is 0 Å². The standard InChI is InChI=1S/C16H18O2/c1-2-15(17)16(18,13-9-5-3-6-10-13)14-11-7-4-8-12-14/h3-12,15,17-18H,2H2,1H3/t15-/m1/s1. The van der Waals surface area contributed by atoms with Gasteiger partial charge in [-0.1, -0.05) is 67.6 Å². The molecule has 0 radical (unpaired) electrons. The van der Waals surface area contributed by atoms with Crippen LogP contribution in [0, 0.1) is 0 Å².